The fourth-order valence-electron chi connectivity index (χ4n) is 3.35. The Hall–Kier alpha value is -3.81. The first-order valence-electron chi connectivity index (χ1n) is 9.22. The van der Waals surface area contributed by atoms with Crippen LogP contribution in [-0.2, 0) is 13.6 Å². The van der Waals surface area contributed by atoms with Crippen molar-refractivity contribution in [2.75, 3.05) is 0 Å². The molecular weight excluding hydrogens is 371 g/mol. The summed E-state index contributed by atoms with van der Waals surface area (Å²) in [6.07, 6.45) is 2.94. The van der Waals surface area contributed by atoms with E-state index in [1.807, 2.05) is 50.4 Å². The number of nitrogens with zero attached hydrogens (tertiary/aromatic N) is 6. The lowest BCUT2D eigenvalue weighted by Gasteiger charge is -2.05. The van der Waals surface area contributed by atoms with Gasteiger partial charge in [-0.25, -0.2) is 14.4 Å². The van der Waals surface area contributed by atoms with Gasteiger partial charge in [-0.15, -0.1) is 0 Å². The molecule has 7 nitrogen and oxygen atoms in total. The van der Waals surface area contributed by atoms with E-state index in [0.29, 0.717) is 35.0 Å². The van der Waals surface area contributed by atoms with Crippen LogP contribution in [-0.4, -0.2) is 29.3 Å². The van der Waals surface area contributed by atoms with E-state index in [0.717, 1.165) is 16.7 Å². The van der Waals surface area contributed by atoms with Crippen molar-refractivity contribution >= 4 is 22.2 Å². The minimum Gasteiger partial charge on any atom is -0.425 e. The predicted octanol–water partition coefficient (Wildman–Crippen LogP) is 4.33. The summed E-state index contributed by atoms with van der Waals surface area (Å²) in [5, 5.41) is 4.60. The van der Waals surface area contributed by atoms with Crippen molar-refractivity contribution in [2.45, 2.75) is 13.5 Å². The Kier molecular flexibility index (Phi) is 3.97. The maximum Gasteiger partial charge on any atom is 0.303 e. The van der Waals surface area contributed by atoms with Crippen LogP contribution in [0.5, 0.6) is 11.8 Å². The third-order valence-electron chi connectivity index (χ3n) is 4.78. The molecule has 5 aromatic rings. The number of benzene rings is 1. The highest BCUT2D eigenvalue weighted by Crippen LogP contribution is 2.30. The quantitative estimate of drug-likeness (QED) is 0.458. The van der Waals surface area contributed by atoms with Gasteiger partial charge in [0.15, 0.2) is 5.65 Å². The van der Waals surface area contributed by atoms with Gasteiger partial charge in [-0.1, -0.05) is 0 Å². The Bertz CT molecular complexity index is 1340. The molecule has 144 valence electrons. The van der Waals surface area contributed by atoms with Gasteiger partial charge in [0.25, 0.3) is 0 Å². The van der Waals surface area contributed by atoms with E-state index in [1.165, 1.54) is 12.3 Å². The van der Waals surface area contributed by atoms with Crippen molar-refractivity contribution in [1.82, 2.24) is 29.3 Å². The van der Waals surface area contributed by atoms with Crippen molar-refractivity contribution < 1.29 is 9.13 Å². The summed E-state index contributed by atoms with van der Waals surface area (Å²) >= 11 is 0. The Labute approximate surface area is 165 Å². The smallest absolute Gasteiger partial charge is 0.303 e. The van der Waals surface area contributed by atoms with E-state index in [4.69, 9.17) is 4.74 Å². The molecule has 0 amide bonds. The van der Waals surface area contributed by atoms with E-state index in [2.05, 4.69) is 20.1 Å². The topological polar surface area (TPSA) is 70.7 Å². The molecule has 0 aliphatic carbocycles. The number of imidazole rings is 1. The summed E-state index contributed by atoms with van der Waals surface area (Å²) in [5.74, 6) is 0.268. The monoisotopic (exact) mass is 388 g/mol. The molecule has 0 N–H and O–H groups in total. The number of hydrogen-bond acceptors (Lipinski definition) is 5. The van der Waals surface area contributed by atoms with Crippen molar-refractivity contribution in [3.05, 3.63) is 60.7 Å². The summed E-state index contributed by atoms with van der Waals surface area (Å²) in [6, 6.07) is 13.2. The highest BCUT2D eigenvalue weighted by Gasteiger charge is 2.15. The minimum atomic E-state index is -0.376. The van der Waals surface area contributed by atoms with Gasteiger partial charge in [0.05, 0.1) is 11.7 Å². The summed E-state index contributed by atoms with van der Waals surface area (Å²) in [5.41, 5.74) is 4.46. The summed E-state index contributed by atoms with van der Waals surface area (Å²) in [6.45, 7) is 2.59. The van der Waals surface area contributed by atoms with E-state index >= 15 is 0 Å². The molecule has 4 heterocycles. The number of halogens is 1. The zero-order valence-electron chi connectivity index (χ0n) is 15.9. The molecular formula is C21H17FN6O. The van der Waals surface area contributed by atoms with Crippen LogP contribution in [0.15, 0.2) is 54.9 Å². The maximum absolute atomic E-state index is 13.6. The normalized spacial score (nSPS) is 11.4. The Morgan fingerprint density at radius 1 is 1.10 bits per heavy atom. The van der Waals surface area contributed by atoms with E-state index in [9.17, 15) is 4.39 Å². The van der Waals surface area contributed by atoms with E-state index < -0.39 is 0 Å². The molecule has 0 bridgehead atoms. The Morgan fingerprint density at radius 2 is 1.93 bits per heavy atom. The Balaban J connectivity index is 1.49. The van der Waals surface area contributed by atoms with E-state index in [-0.39, 0.29) is 5.82 Å². The van der Waals surface area contributed by atoms with Crippen LogP contribution in [0, 0.1) is 5.82 Å². The lowest BCUT2D eigenvalue weighted by molar-refractivity contribution is 0.427. The molecule has 0 saturated carbocycles. The van der Waals surface area contributed by atoms with Gasteiger partial charge in [-0.05, 0) is 43.3 Å². The number of rotatable bonds is 4. The summed E-state index contributed by atoms with van der Waals surface area (Å²) in [4.78, 5) is 13.0. The van der Waals surface area contributed by atoms with Gasteiger partial charge in [0, 0.05) is 31.4 Å². The van der Waals surface area contributed by atoms with Crippen LogP contribution in [0.25, 0.3) is 33.5 Å². The van der Waals surface area contributed by atoms with Gasteiger partial charge < -0.3 is 4.74 Å². The number of aromatic nitrogens is 6. The van der Waals surface area contributed by atoms with E-state index in [1.54, 1.807) is 15.4 Å². The molecule has 0 saturated heterocycles. The number of aryl methyl sites for hydroxylation is 2. The highest BCUT2D eigenvalue weighted by molar-refractivity contribution is 5.90. The van der Waals surface area contributed by atoms with Gasteiger partial charge in [0.2, 0.25) is 0 Å². The third-order valence-corrected chi connectivity index (χ3v) is 4.78. The predicted molar refractivity (Wildman–Crippen MR) is 107 cm³/mol. The fourth-order valence-corrected chi connectivity index (χ4v) is 3.35. The zero-order valence-corrected chi connectivity index (χ0v) is 15.9. The molecule has 4 aromatic heterocycles. The molecule has 0 fully saturated rings. The summed E-state index contributed by atoms with van der Waals surface area (Å²) < 4.78 is 23.1. The first-order valence-corrected chi connectivity index (χ1v) is 9.22. The number of ether oxygens (including phenoxy) is 1. The third kappa shape index (κ3) is 2.89. The van der Waals surface area contributed by atoms with Crippen LogP contribution in [0.1, 0.15) is 6.92 Å². The van der Waals surface area contributed by atoms with Crippen molar-refractivity contribution in [3.8, 4) is 23.0 Å². The van der Waals surface area contributed by atoms with Crippen LogP contribution in [0.4, 0.5) is 4.39 Å². The van der Waals surface area contributed by atoms with Crippen molar-refractivity contribution in [2.24, 2.45) is 7.05 Å². The molecule has 5 rings (SSSR count). The molecule has 0 unspecified atom stereocenters. The molecule has 1 aromatic carbocycles. The van der Waals surface area contributed by atoms with Crippen LogP contribution in [0.3, 0.4) is 0 Å². The van der Waals surface area contributed by atoms with Gasteiger partial charge >= 0.3 is 6.01 Å². The average Bonchev–Trinajstić information content (AvgIpc) is 3.26. The molecule has 0 radical (unpaired) electrons. The second kappa shape index (κ2) is 6.66. The largest absolute Gasteiger partial charge is 0.425 e. The standard InChI is InChI=1S/C21H17FN6O/c1-3-28-17-11-14(22)12-24-19(17)18(26-28)13-6-8-15(9-7-13)29-21-25-16-5-4-10-23-20(16)27(21)2/h4-12H,3H2,1-2H3. The lowest BCUT2D eigenvalue weighted by atomic mass is 10.1. The van der Waals surface area contributed by atoms with Crippen LogP contribution < -0.4 is 4.74 Å². The van der Waals surface area contributed by atoms with Crippen LogP contribution >= 0.6 is 0 Å². The lowest BCUT2D eigenvalue weighted by Crippen LogP contribution is -1.96. The van der Waals surface area contributed by atoms with Gasteiger partial charge in [0.1, 0.15) is 28.3 Å². The van der Waals surface area contributed by atoms with Crippen LogP contribution in [0.2, 0.25) is 0 Å². The molecule has 29 heavy (non-hydrogen) atoms. The zero-order chi connectivity index (χ0) is 20.0. The summed E-state index contributed by atoms with van der Waals surface area (Å²) in [7, 11) is 1.86. The first-order chi connectivity index (χ1) is 14.1. The van der Waals surface area contributed by atoms with Gasteiger partial charge in [-0.3, -0.25) is 9.25 Å². The number of pyridine rings is 2. The van der Waals surface area contributed by atoms with Crippen molar-refractivity contribution in [3.63, 3.8) is 0 Å². The molecule has 0 atom stereocenters. The van der Waals surface area contributed by atoms with Gasteiger partial charge in [-0.2, -0.15) is 10.1 Å². The Morgan fingerprint density at radius 3 is 2.69 bits per heavy atom. The fraction of sp³-hybridized carbons (Fsp3) is 0.143. The first kappa shape index (κ1) is 17.3. The SMILES string of the molecule is CCn1nc(-c2ccc(Oc3nc4cccnc4n3C)cc2)c2ncc(F)cc21. The molecule has 0 aliphatic rings. The minimum absolute atomic E-state index is 0.376. The molecule has 8 heteroatoms. The molecule has 0 aliphatic heterocycles. The number of fused-ring (bicyclic) bond motifs is 2. The highest BCUT2D eigenvalue weighted by atomic mass is 19.1. The average molecular weight is 388 g/mol. The van der Waals surface area contributed by atoms with Crippen molar-refractivity contribution in [1.29, 1.82) is 0 Å². The molecule has 0 spiro atoms. The second-order valence-electron chi connectivity index (χ2n) is 6.61. The number of hydrogen-bond donors (Lipinski definition) is 0. The maximum atomic E-state index is 13.6. The second-order valence-corrected chi connectivity index (χ2v) is 6.61.